The number of Topliss-reactive ketones (excluding diaryl/α,β-unsaturated/α-hetero) is 1. The van der Waals surface area contributed by atoms with Gasteiger partial charge in [-0.15, -0.1) is 0 Å². The summed E-state index contributed by atoms with van der Waals surface area (Å²) in [7, 11) is 1.53. The van der Waals surface area contributed by atoms with Crippen LogP contribution in [0.15, 0.2) is 48.5 Å². The zero-order valence-corrected chi connectivity index (χ0v) is 15.9. The van der Waals surface area contributed by atoms with Gasteiger partial charge in [0, 0.05) is 16.1 Å². The number of carbonyl (C=O) groups excluding carboxylic acids is 3. The summed E-state index contributed by atoms with van der Waals surface area (Å²) in [6.07, 6.45) is -0.985. The molecule has 0 aliphatic heterocycles. The number of halogens is 1. The van der Waals surface area contributed by atoms with Crippen molar-refractivity contribution in [3.8, 4) is 5.75 Å². The Labute approximate surface area is 162 Å². The lowest BCUT2D eigenvalue weighted by Crippen LogP contribution is -2.41. The first-order valence-electron chi connectivity index (χ1n) is 8.27. The number of benzene rings is 2. The van der Waals surface area contributed by atoms with Crippen molar-refractivity contribution in [2.45, 2.75) is 26.0 Å². The zero-order valence-electron chi connectivity index (χ0n) is 15.2. The molecule has 0 aliphatic carbocycles. The third-order valence-corrected chi connectivity index (χ3v) is 4.10. The van der Waals surface area contributed by atoms with Crippen LogP contribution in [0.5, 0.6) is 5.75 Å². The molecule has 6 nitrogen and oxygen atoms in total. The predicted molar refractivity (Wildman–Crippen MR) is 101 cm³/mol. The average molecular weight is 390 g/mol. The van der Waals surface area contributed by atoms with Crippen LogP contribution in [0.1, 0.15) is 34.6 Å². The van der Waals surface area contributed by atoms with Crippen molar-refractivity contribution < 1.29 is 23.9 Å². The molecule has 27 heavy (non-hydrogen) atoms. The highest BCUT2D eigenvalue weighted by atomic mass is 35.5. The van der Waals surface area contributed by atoms with Crippen LogP contribution in [0.2, 0.25) is 5.02 Å². The highest BCUT2D eigenvalue weighted by Crippen LogP contribution is 2.14. The van der Waals surface area contributed by atoms with E-state index in [1.165, 1.54) is 21.0 Å². The topological polar surface area (TPSA) is 81.7 Å². The molecule has 2 aromatic rings. The lowest BCUT2D eigenvalue weighted by Gasteiger charge is -2.17. The first-order chi connectivity index (χ1) is 12.8. The van der Waals surface area contributed by atoms with Crippen molar-refractivity contribution >= 4 is 29.3 Å². The van der Waals surface area contributed by atoms with Crippen LogP contribution in [-0.4, -0.2) is 36.9 Å². The lowest BCUT2D eigenvalue weighted by molar-refractivity contribution is -0.148. The van der Waals surface area contributed by atoms with Gasteiger partial charge in [0.25, 0.3) is 5.91 Å². The number of ketones is 1. The molecule has 7 heteroatoms. The van der Waals surface area contributed by atoms with Gasteiger partial charge in [0.05, 0.1) is 7.11 Å². The largest absolute Gasteiger partial charge is 0.497 e. The molecule has 0 fully saturated rings. The Balaban J connectivity index is 1.92. The minimum Gasteiger partial charge on any atom is -0.497 e. The Morgan fingerprint density at radius 1 is 0.926 bits per heavy atom. The predicted octanol–water partition coefficient (Wildman–Crippen LogP) is 3.28. The first kappa shape index (κ1) is 20.5. The minimum absolute atomic E-state index is 0.345. The van der Waals surface area contributed by atoms with E-state index >= 15 is 0 Å². The van der Waals surface area contributed by atoms with Gasteiger partial charge in [0.2, 0.25) is 5.78 Å². The van der Waals surface area contributed by atoms with Crippen LogP contribution in [0.3, 0.4) is 0 Å². The van der Waals surface area contributed by atoms with E-state index in [0.29, 0.717) is 21.9 Å². The Bertz CT molecular complexity index is 817. The van der Waals surface area contributed by atoms with Gasteiger partial charge in [-0.05, 0) is 62.4 Å². The number of esters is 1. The minimum atomic E-state index is -0.985. The molecule has 0 saturated heterocycles. The van der Waals surface area contributed by atoms with E-state index in [2.05, 4.69) is 5.32 Å². The summed E-state index contributed by atoms with van der Waals surface area (Å²) in [4.78, 5) is 36.7. The molecule has 0 saturated carbocycles. The van der Waals surface area contributed by atoms with E-state index < -0.39 is 24.0 Å². The SMILES string of the molecule is COc1ccc(C(=O)[C@H](C)OC(=O)[C@H](C)NC(=O)c2ccc(Cl)cc2)cc1. The smallest absolute Gasteiger partial charge is 0.329 e. The molecule has 142 valence electrons. The quantitative estimate of drug-likeness (QED) is 0.580. The molecular weight excluding hydrogens is 370 g/mol. The molecule has 0 radical (unpaired) electrons. The maximum Gasteiger partial charge on any atom is 0.329 e. The molecule has 2 aromatic carbocycles. The molecule has 0 aliphatic rings. The van der Waals surface area contributed by atoms with Crippen molar-refractivity contribution in [2.24, 2.45) is 0 Å². The first-order valence-corrected chi connectivity index (χ1v) is 8.64. The van der Waals surface area contributed by atoms with Gasteiger partial charge < -0.3 is 14.8 Å². The van der Waals surface area contributed by atoms with E-state index in [9.17, 15) is 14.4 Å². The standard InChI is InChI=1S/C20H20ClNO5/c1-12(22-19(24)15-4-8-16(21)9-5-15)20(25)27-13(2)18(23)14-6-10-17(26-3)11-7-14/h4-13H,1-3H3,(H,22,24)/t12-,13-/m0/s1. The van der Waals surface area contributed by atoms with Crippen molar-refractivity contribution in [3.63, 3.8) is 0 Å². The summed E-state index contributed by atoms with van der Waals surface area (Å²) >= 11 is 5.78. The number of amides is 1. The number of hydrogen-bond acceptors (Lipinski definition) is 5. The highest BCUT2D eigenvalue weighted by Gasteiger charge is 2.24. The molecule has 2 rings (SSSR count). The Hall–Kier alpha value is -2.86. The van der Waals surface area contributed by atoms with Crippen LogP contribution in [0.4, 0.5) is 0 Å². The molecular formula is C20H20ClNO5. The number of methoxy groups -OCH3 is 1. The lowest BCUT2D eigenvalue weighted by atomic mass is 10.1. The van der Waals surface area contributed by atoms with Crippen molar-refractivity contribution in [3.05, 3.63) is 64.7 Å². The summed E-state index contributed by atoms with van der Waals surface area (Å²) in [5.41, 5.74) is 0.760. The number of ether oxygens (including phenoxy) is 2. The Morgan fingerprint density at radius 2 is 1.48 bits per heavy atom. The van der Waals surface area contributed by atoms with Gasteiger partial charge in [-0.25, -0.2) is 4.79 Å². The van der Waals surface area contributed by atoms with Gasteiger partial charge in [-0.2, -0.15) is 0 Å². The van der Waals surface area contributed by atoms with E-state index in [1.807, 2.05) is 0 Å². The molecule has 1 N–H and O–H groups in total. The van der Waals surface area contributed by atoms with Gasteiger partial charge in [-0.1, -0.05) is 11.6 Å². The number of hydrogen-bond donors (Lipinski definition) is 1. The van der Waals surface area contributed by atoms with Gasteiger partial charge >= 0.3 is 5.97 Å². The third kappa shape index (κ3) is 5.56. The van der Waals surface area contributed by atoms with Gasteiger partial charge in [0.15, 0.2) is 6.10 Å². The summed E-state index contributed by atoms with van der Waals surface area (Å²) < 4.78 is 10.2. The van der Waals surface area contributed by atoms with Gasteiger partial charge in [0.1, 0.15) is 11.8 Å². The maximum atomic E-state index is 12.4. The Morgan fingerprint density at radius 3 is 2.04 bits per heavy atom. The highest BCUT2D eigenvalue weighted by molar-refractivity contribution is 6.30. The number of nitrogens with one attached hydrogen (secondary N) is 1. The summed E-state index contributed by atoms with van der Waals surface area (Å²) in [5.74, 6) is -0.867. The molecule has 0 heterocycles. The van der Waals surface area contributed by atoms with Crippen molar-refractivity contribution in [1.29, 1.82) is 0 Å². The van der Waals surface area contributed by atoms with Crippen LogP contribution < -0.4 is 10.1 Å². The number of rotatable bonds is 7. The molecule has 1 amide bonds. The van der Waals surface area contributed by atoms with E-state index in [-0.39, 0.29) is 5.78 Å². The normalized spacial score (nSPS) is 12.6. The molecule has 0 bridgehead atoms. The third-order valence-electron chi connectivity index (χ3n) is 3.84. The van der Waals surface area contributed by atoms with Crippen LogP contribution >= 0.6 is 11.6 Å². The second-order valence-corrected chi connectivity index (χ2v) is 6.31. The molecule has 0 aromatic heterocycles. The fraction of sp³-hybridized carbons (Fsp3) is 0.250. The second-order valence-electron chi connectivity index (χ2n) is 5.87. The van der Waals surface area contributed by atoms with Crippen LogP contribution in [-0.2, 0) is 9.53 Å². The summed E-state index contributed by atoms with van der Waals surface area (Å²) in [5, 5.41) is 3.03. The maximum absolute atomic E-state index is 12.4. The average Bonchev–Trinajstić information content (AvgIpc) is 2.67. The monoisotopic (exact) mass is 389 g/mol. The van der Waals surface area contributed by atoms with Gasteiger partial charge in [-0.3, -0.25) is 9.59 Å². The van der Waals surface area contributed by atoms with E-state index in [4.69, 9.17) is 21.1 Å². The fourth-order valence-electron chi connectivity index (χ4n) is 2.26. The zero-order chi connectivity index (χ0) is 20.0. The second kappa shape index (κ2) is 9.19. The Kier molecular flexibility index (Phi) is 6.96. The summed E-state index contributed by atoms with van der Waals surface area (Å²) in [6, 6.07) is 11.8. The summed E-state index contributed by atoms with van der Waals surface area (Å²) in [6.45, 7) is 2.97. The molecule has 0 unspecified atom stereocenters. The fourth-order valence-corrected chi connectivity index (χ4v) is 2.39. The number of carbonyl (C=O) groups is 3. The van der Waals surface area contributed by atoms with E-state index in [0.717, 1.165) is 0 Å². The van der Waals surface area contributed by atoms with E-state index in [1.54, 1.807) is 48.5 Å². The van der Waals surface area contributed by atoms with Crippen LogP contribution in [0.25, 0.3) is 0 Å². The molecule has 0 spiro atoms. The van der Waals surface area contributed by atoms with Crippen molar-refractivity contribution in [1.82, 2.24) is 5.32 Å². The molecule has 2 atom stereocenters. The van der Waals surface area contributed by atoms with Crippen LogP contribution in [0, 0.1) is 0 Å². The van der Waals surface area contributed by atoms with Crippen molar-refractivity contribution in [2.75, 3.05) is 7.11 Å².